The van der Waals surface area contributed by atoms with Crippen molar-refractivity contribution in [2.75, 3.05) is 249 Å². The molecule has 722 valence electrons. The number of amides is 14. The molecule has 14 amide bonds. The van der Waals surface area contributed by atoms with Crippen molar-refractivity contribution in [3.63, 3.8) is 0 Å². The van der Waals surface area contributed by atoms with Gasteiger partial charge in [0.15, 0.2) is 9.84 Å². The van der Waals surface area contributed by atoms with Crippen molar-refractivity contribution in [1.82, 2.24) is 88.6 Å². The Morgan fingerprint density at radius 3 is 1.10 bits per heavy atom. The van der Waals surface area contributed by atoms with E-state index in [1.807, 2.05) is 24.5 Å². The molecule has 17 aliphatic rings. The highest BCUT2D eigenvalue weighted by atomic mass is 32.2. The van der Waals surface area contributed by atoms with Crippen LogP contribution in [0.15, 0.2) is 0 Å². The van der Waals surface area contributed by atoms with Crippen LogP contribution in [0.3, 0.4) is 0 Å². The molecule has 40 nitrogen and oxygen atoms in total. The Morgan fingerprint density at radius 1 is 0.413 bits per heavy atom. The van der Waals surface area contributed by atoms with E-state index in [4.69, 9.17) is 30.3 Å². The number of carbonyl (C=O) groups excluding carboxylic acids is 14. The van der Waals surface area contributed by atoms with Crippen LogP contribution in [-0.4, -0.2) is 514 Å². The number of sulfone groups is 1. The van der Waals surface area contributed by atoms with E-state index in [9.17, 15) is 75.5 Å². The van der Waals surface area contributed by atoms with E-state index < -0.39 is 26.8 Å². The molecule has 0 aromatic heterocycles. The summed E-state index contributed by atoms with van der Waals surface area (Å²) in [6, 6.07) is 1.93. The predicted octanol–water partition coefficient (Wildman–Crippen LogP) is -4.17. The zero-order valence-corrected chi connectivity index (χ0v) is 76.1. The van der Waals surface area contributed by atoms with Crippen LogP contribution in [0.2, 0.25) is 0 Å². The van der Waals surface area contributed by atoms with Gasteiger partial charge in [0.05, 0.1) is 54.9 Å². The first-order valence-electron chi connectivity index (χ1n) is 44.6. The highest BCUT2D eigenvalue weighted by Crippen LogP contribution is 2.41. The zero-order chi connectivity index (χ0) is 92.1. The van der Waals surface area contributed by atoms with Crippen LogP contribution in [-0.2, 0) is 81.7 Å². The minimum Gasteiger partial charge on any atom is -0.391 e. The number of aliphatic hydroxyl groups excluding tert-OH is 5. The van der Waals surface area contributed by atoms with E-state index in [1.165, 1.54) is 79.5 Å². The monoisotopic (exact) mass is 1810 g/mol. The van der Waals surface area contributed by atoms with Crippen molar-refractivity contribution in [2.45, 2.75) is 192 Å². The molecule has 15 saturated heterocycles. The van der Waals surface area contributed by atoms with Crippen molar-refractivity contribution in [3.05, 3.63) is 0 Å². The Morgan fingerprint density at radius 2 is 0.810 bits per heavy atom. The molecule has 6 N–H and O–H groups in total. The lowest BCUT2D eigenvalue weighted by atomic mass is 9.78. The molecule has 0 unspecified atom stereocenters. The highest BCUT2D eigenvalue weighted by Gasteiger charge is 2.59. The second kappa shape index (κ2) is 57.9. The van der Waals surface area contributed by atoms with Crippen LogP contribution in [0.4, 0.5) is 0 Å². The summed E-state index contributed by atoms with van der Waals surface area (Å²) in [7, 11) is -0.757. The number of rotatable bonds is 18. The predicted molar refractivity (Wildman–Crippen MR) is 471 cm³/mol. The normalized spacial score (nSPS) is 26.9. The standard InChI is InChI=1S/C10H18N2O.C9H16N2O.C7H12N2O2.C7H14N2O.2C7H13NO.C6H12N2O.C6H9NO3S.C6H9NO2.C5H9NO3.2C5H9NO2.C4H7NO2.CH4/c13-9-11-5-7-12(8-6-11)10-3-1-2-4-10;12-8-11-5-3-10(4-6-11)7-9-1-2-9;1-6(11)8-7-2-3-9(4-7)5-10;1-2-8-3-5-9(7-10)6-4-8;1-7(2)3-4-8(5-7)6-9;1-6-3-4-7(2)8(6)5-9;1-7-2-4-8(6-9)5-3-7;8-5-7-3-6(4-7)1-2-11(6,9)10;8-5-7-1-6(2-7)3-9-4-6;7-3-6-1-4(8)5(9)2-6;2*7-4-6-2-1-5(8)3-6;6-3-5-1-4(7)2-5;/h9-10H,1-8H2;8-9H,1-7H2;5,7H,2-4H2,1H3,(H,8,11);7H,2-6H2,1H3;6H,3-5H2,1-2H3;5-7H,3-4H2,1-2H3;6H,2-5H2,1H3;5H,1-4H2;5H,1-4H2;3-5,8-9H,1-2H2;2*4-5,8H,1-3H2;3-4,7H,1-2H2;1H4/t;;7-;;;6-,7-;;;;4-,5-;2*5-;;/m..1..1...110../s1. The van der Waals surface area contributed by atoms with Gasteiger partial charge in [0.2, 0.25) is 89.2 Å². The maximum atomic E-state index is 11.1. The molecule has 17 fully saturated rings. The molecule has 0 aromatic rings. The van der Waals surface area contributed by atoms with Gasteiger partial charge in [-0.1, -0.05) is 41.0 Å². The molecule has 0 bridgehead atoms. The number of likely N-dealkylation sites (tertiary alicyclic amines) is 9. The quantitative estimate of drug-likeness (QED) is 0.0709. The van der Waals surface area contributed by atoms with Crippen LogP contribution >= 0.6 is 0 Å². The maximum Gasteiger partial charge on any atom is 0.217 e. The number of likely N-dealkylation sites (N-methyl/N-ethyl adjacent to an activating group) is 2. The van der Waals surface area contributed by atoms with Crippen LogP contribution < -0.4 is 5.32 Å². The van der Waals surface area contributed by atoms with Gasteiger partial charge in [-0.2, -0.15) is 0 Å². The number of hydrogen-bond donors (Lipinski definition) is 6. The average Bonchev–Trinajstić information content (AvgIpc) is 0.934. The van der Waals surface area contributed by atoms with Crippen molar-refractivity contribution in [2.24, 2.45) is 16.7 Å². The summed E-state index contributed by atoms with van der Waals surface area (Å²) in [5, 5.41) is 46.7. The topological polar surface area (TPSA) is 451 Å². The lowest BCUT2D eigenvalue weighted by molar-refractivity contribution is -0.188. The van der Waals surface area contributed by atoms with Crippen LogP contribution in [0.25, 0.3) is 0 Å². The van der Waals surface area contributed by atoms with Gasteiger partial charge in [0, 0.05) is 247 Å². The fourth-order valence-corrected chi connectivity index (χ4v) is 18.4. The minimum absolute atomic E-state index is 0. The molecule has 17 rings (SSSR count). The SMILES string of the molecule is C.CC(=O)N[C@@H]1CCN(C=O)C1.CC1(C)CCN(C=O)C1.CCN1CCN(C=O)CC1.CN1CCN(C=O)CC1.C[C@@H]1CC[C@@H](C)N1C=O.O=CN1CC(O)C1.O=CN1CC2(CCS2(=O)=O)C1.O=CN1CC2(COC2)C1.O=CN1CCN(C2CCCC2)CC1.O=CN1CCN(CC2CC2)CC1.O=CN1CC[C@@H](O)C1.O=CN1CC[C@H](O)C1.O=CN1C[C@@H](O)[C@H](O)C1. The van der Waals surface area contributed by atoms with E-state index in [2.05, 4.69) is 66.6 Å². The number of nitrogens with one attached hydrogen (secondary N) is 1. The van der Waals surface area contributed by atoms with Crippen LogP contribution in [0.1, 0.15) is 132 Å². The first-order valence-corrected chi connectivity index (χ1v) is 46.3. The molecule has 15 aliphatic heterocycles. The minimum atomic E-state index is -2.83. The number of aliphatic hydroxyl groups is 5. The van der Waals surface area contributed by atoms with Crippen LogP contribution in [0.5, 0.6) is 0 Å². The van der Waals surface area contributed by atoms with E-state index >= 15 is 0 Å². The van der Waals surface area contributed by atoms with Gasteiger partial charge in [-0.15, -0.1) is 0 Å². The van der Waals surface area contributed by atoms with Gasteiger partial charge >= 0.3 is 0 Å². The van der Waals surface area contributed by atoms with E-state index in [0.717, 1.165) is 272 Å². The molecule has 41 heteroatoms. The van der Waals surface area contributed by atoms with Gasteiger partial charge < -0.3 is 109 Å². The molecule has 2 aliphatic carbocycles. The van der Waals surface area contributed by atoms with Crippen molar-refractivity contribution < 1.29 is 106 Å². The first kappa shape index (κ1) is 110. The third-order valence-corrected chi connectivity index (χ3v) is 27.9. The fourth-order valence-electron chi connectivity index (χ4n) is 16.6. The molecule has 2 saturated carbocycles. The Balaban J connectivity index is 0.000000287. The molecule has 0 radical (unpaired) electrons. The number of β-amino-alcohol motifs (C(OH)–C–C–N with tert-alkyl or cyclic N) is 5. The Bertz CT molecular complexity index is 3240. The summed E-state index contributed by atoms with van der Waals surface area (Å²) < 4.78 is 26.8. The van der Waals surface area contributed by atoms with E-state index in [-0.39, 0.29) is 50.8 Å². The Labute approximate surface area is 747 Å². The van der Waals surface area contributed by atoms with Gasteiger partial charge in [0.25, 0.3) is 0 Å². The maximum absolute atomic E-state index is 11.1. The lowest BCUT2D eigenvalue weighted by Gasteiger charge is -2.53. The largest absolute Gasteiger partial charge is 0.391 e. The molecule has 0 aromatic carbocycles. The highest BCUT2D eigenvalue weighted by molar-refractivity contribution is 7.94. The van der Waals surface area contributed by atoms with Crippen molar-refractivity contribution in [3.8, 4) is 0 Å². The number of carbonyl (C=O) groups is 14. The second-order valence-electron chi connectivity index (χ2n) is 36.4. The zero-order valence-electron chi connectivity index (χ0n) is 75.3. The lowest BCUT2D eigenvalue weighted by Crippen LogP contribution is -2.71. The van der Waals surface area contributed by atoms with Gasteiger partial charge in [0.1, 0.15) is 4.75 Å². The molecular formula is C85H154N18O22S. The molecule has 15 heterocycles. The van der Waals surface area contributed by atoms with E-state index in [1.54, 1.807) is 24.5 Å². The molecule has 2 spiro atoms. The third kappa shape index (κ3) is 39.6. The molecule has 126 heavy (non-hydrogen) atoms. The molecular weight excluding hydrogens is 1660 g/mol. The van der Waals surface area contributed by atoms with Gasteiger partial charge in [-0.25, -0.2) is 8.42 Å². The summed E-state index contributed by atoms with van der Waals surface area (Å²) in [6.45, 7) is 42.0. The summed E-state index contributed by atoms with van der Waals surface area (Å²) >= 11 is 0. The average molecular weight is 1810 g/mol. The van der Waals surface area contributed by atoms with Crippen LogP contribution in [0, 0.1) is 16.7 Å². The Hall–Kier alpha value is -7.87. The number of nitrogens with zero attached hydrogens (tertiary/aromatic N) is 17. The first-order chi connectivity index (χ1) is 59.7. The number of piperazine rings is 4. The summed E-state index contributed by atoms with van der Waals surface area (Å²) in [5.41, 5.74) is 0.752. The van der Waals surface area contributed by atoms with Crippen molar-refractivity contribution >= 4 is 99.1 Å². The Kier molecular flexibility index (Phi) is 50.8. The summed E-state index contributed by atoms with van der Waals surface area (Å²) in [6.07, 6.45) is 23.7. The third-order valence-electron chi connectivity index (χ3n) is 25.4. The van der Waals surface area contributed by atoms with Gasteiger partial charge in [-0.3, -0.25) is 76.9 Å². The van der Waals surface area contributed by atoms with Crippen molar-refractivity contribution in [1.29, 1.82) is 0 Å². The fraction of sp³-hybridized carbons (Fsp3) is 0.835. The smallest absolute Gasteiger partial charge is 0.217 e. The number of ether oxygens (including phenoxy) is 1. The summed E-state index contributed by atoms with van der Waals surface area (Å²) in [5.74, 6) is 1.26. The second-order valence-corrected chi connectivity index (χ2v) is 38.9. The molecule has 7 atom stereocenters. The summed E-state index contributed by atoms with van der Waals surface area (Å²) in [4.78, 5) is 174. The number of hydrogen-bond acceptors (Lipinski definition) is 26. The van der Waals surface area contributed by atoms with E-state index in [0.29, 0.717) is 100 Å². The van der Waals surface area contributed by atoms with Gasteiger partial charge in [-0.05, 0) is 109 Å².